The molecule has 0 aromatic heterocycles. The van der Waals surface area contributed by atoms with Crippen molar-refractivity contribution in [3.63, 3.8) is 0 Å². The number of hydrogen-bond acceptors (Lipinski definition) is 4. The first kappa shape index (κ1) is 23.9. The molecule has 1 N–H and O–H groups in total. The highest BCUT2D eigenvalue weighted by molar-refractivity contribution is 6.55. The molecule has 0 radical (unpaired) electrons. The third-order valence-corrected chi connectivity index (χ3v) is 4.58. The number of anilines is 1. The third-order valence-electron chi connectivity index (χ3n) is 3.48. The number of halogens is 6. The van der Waals surface area contributed by atoms with E-state index in [0.29, 0.717) is 29.4 Å². The van der Waals surface area contributed by atoms with Crippen molar-refractivity contribution in [2.75, 3.05) is 18.5 Å². The normalized spacial score (nSPS) is 10.4. The van der Waals surface area contributed by atoms with Gasteiger partial charge in [0.1, 0.15) is 22.7 Å². The zero-order valence-corrected chi connectivity index (χ0v) is 18.6. The average molecular weight is 502 g/mol. The van der Waals surface area contributed by atoms with Crippen molar-refractivity contribution in [3.8, 4) is 11.5 Å². The molecular formula is C19H15Cl5FNO3. The van der Waals surface area contributed by atoms with E-state index in [1.807, 2.05) is 0 Å². The van der Waals surface area contributed by atoms with Crippen molar-refractivity contribution in [1.82, 2.24) is 0 Å². The van der Waals surface area contributed by atoms with Crippen LogP contribution in [0.2, 0.25) is 15.1 Å². The first-order valence-electron chi connectivity index (χ1n) is 8.29. The summed E-state index contributed by atoms with van der Waals surface area (Å²) in [4.78, 5) is 12.0. The molecule has 29 heavy (non-hydrogen) atoms. The van der Waals surface area contributed by atoms with Gasteiger partial charge in [0.15, 0.2) is 5.75 Å². The second-order valence-electron chi connectivity index (χ2n) is 5.65. The Bertz CT molecular complexity index is 880. The first-order valence-corrected chi connectivity index (χ1v) is 10.2. The molecule has 2 aromatic carbocycles. The molecule has 0 fully saturated rings. The number of ether oxygens (including phenoxy) is 2. The molecule has 0 aliphatic rings. The van der Waals surface area contributed by atoms with Crippen LogP contribution in [-0.2, 0) is 4.79 Å². The van der Waals surface area contributed by atoms with Crippen molar-refractivity contribution in [1.29, 1.82) is 0 Å². The van der Waals surface area contributed by atoms with Crippen LogP contribution < -0.4 is 14.8 Å². The lowest BCUT2D eigenvalue weighted by Gasteiger charge is -2.11. The Morgan fingerprint density at radius 2 is 1.79 bits per heavy atom. The molecule has 0 unspecified atom stereocenters. The average Bonchev–Trinajstić information content (AvgIpc) is 2.63. The lowest BCUT2D eigenvalue weighted by Crippen LogP contribution is -2.12. The van der Waals surface area contributed by atoms with Crippen molar-refractivity contribution < 1.29 is 18.7 Å². The molecule has 0 aliphatic heterocycles. The Morgan fingerprint density at radius 3 is 2.41 bits per heavy atom. The predicted molar refractivity (Wildman–Crippen MR) is 117 cm³/mol. The van der Waals surface area contributed by atoms with Crippen molar-refractivity contribution >= 4 is 69.7 Å². The van der Waals surface area contributed by atoms with Gasteiger partial charge >= 0.3 is 5.97 Å². The summed E-state index contributed by atoms with van der Waals surface area (Å²) in [6.45, 7) is 0.480. The molecule has 2 rings (SSSR count). The highest BCUT2D eigenvalue weighted by Gasteiger charge is 2.15. The second kappa shape index (κ2) is 11.7. The van der Waals surface area contributed by atoms with Crippen LogP contribution in [0.3, 0.4) is 0 Å². The number of esters is 1. The van der Waals surface area contributed by atoms with Crippen LogP contribution in [0.5, 0.6) is 11.5 Å². The Kier molecular flexibility index (Phi) is 9.66. The minimum atomic E-state index is -0.530. The van der Waals surface area contributed by atoms with Gasteiger partial charge in [-0.05, 0) is 30.7 Å². The Morgan fingerprint density at radius 1 is 1.10 bits per heavy atom. The van der Waals surface area contributed by atoms with E-state index < -0.39 is 11.8 Å². The van der Waals surface area contributed by atoms with Crippen LogP contribution in [0.25, 0.3) is 0 Å². The number of rotatable bonds is 9. The predicted octanol–water partition coefficient (Wildman–Crippen LogP) is 7.28. The summed E-state index contributed by atoms with van der Waals surface area (Å²) in [5.41, 5.74) is 0.301. The van der Waals surface area contributed by atoms with Crippen LogP contribution in [0.1, 0.15) is 12.8 Å². The Labute approximate surface area is 192 Å². The monoisotopic (exact) mass is 499 g/mol. The first-order chi connectivity index (χ1) is 13.8. The van der Waals surface area contributed by atoms with E-state index in [4.69, 9.17) is 67.5 Å². The summed E-state index contributed by atoms with van der Waals surface area (Å²) in [6, 6.07) is 7.21. The summed E-state index contributed by atoms with van der Waals surface area (Å²) in [5, 5.41) is 3.42. The lowest BCUT2D eigenvalue weighted by atomic mass is 10.2. The van der Waals surface area contributed by atoms with Gasteiger partial charge in [-0.3, -0.25) is 4.79 Å². The molecule has 10 heteroatoms. The van der Waals surface area contributed by atoms with Crippen molar-refractivity contribution in [2.45, 2.75) is 12.8 Å². The van der Waals surface area contributed by atoms with Gasteiger partial charge in [-0.25, -0.2) is 4.39 Å². The summed E-state index contributed by atoms with van der Waals surface area (Å²) >= 11 is 28.9. The standard InChI is InChI=1S/C19H15Cl5FNO3/c20-11-3-4-16(15(25)8-11)26-6-1-2-18(27)29-19-13(21)9-12(10-14(19)22)28-7-5-17(23)24/h3-5,8-10,26H,1-2,6-7H2. The van der Waals surface area contributed by atoms with Gasteiger partial charge < -0.3 is 14.8 Å². The van der Waals surface area contributed by atoms with Gasteiger partial charge in [-0.1, -0.05) is 58.0 Å². The number of hydrogen-bond donors (Lipinski definition) is 1. The van der Waals surface area contributed by atoms with Gasteiger partial charge in [0.05, 0.1) is 15.7 Å². The fourth-order valence-corrected chi connectivity index (χ4v) is 3.00. The van der Waals surface area contributed by atoms with Crippen LogP contribution >= 0.6 is 58.0 Å². The smallest absolute Gasteiger partial charge is 0.311 e. The molecule has 2 aromatic rings. The minimum Gasteiger partial charge on any atom is -0.489 e. The maximum atomic E-state index is 13.7. The largest absolute Gasteiger partial charge is 0.489 e. The van der Waals surface area contributed by atoms with E-state index in [1.54, 1.807) is 6.07 Å². The molecule has 0 bridgehead atoms. The van der Waals surface area contributed by atoms with Crippen LogP contribution in [-0.4, -0.2) is 19.1 Å². The van der Waals surface area contributed by atoms with Gasteiger partial charge in [0.2, 0.25) is 0 Å². The van der Waals surface area contributed by atoms with E-state index in [2.05, 4.69) is 5.32 Å². The number of carbonyl (C=O) groups is 1. The van der Waals surface area contributed by atoms with E-state index in [1.165, 1.54) is 30.3 Å². The van der Waals surface area contributed by atoms with Crippen LogP contribution in [0.4, 0.5) is 10.1 Å². The van der Waals surface area contributed by atoms with Gasteiger partial charge in [0.25, 0.3) is 0 Å². The molecule has 0 spiro atoms. The topological polar surface area (TPSA) is 47.6 Å². The van der Waals surface area contributed by atoms with Crippen molar-refractivity contribution in [2.24, 2.45) is 0 Å². The molecule has 156 valence electrons. The third kappa shape index (κ3) is 8.11. The Hall–Kier alpha value is -1.37. The van der Waals surface area contributed by atoms with Gasteiger partial charge in [0, 0.05) is 30.1 Å². The van der Waals surface area contributed by atoms with E-state index in [9.17, 15) is 9.18 Å². The summed E-state index contributed by atoms with van der Waals surface area (Å²) in [5.74, 6) is -0.601. The maximum absolute atomic E-state index is 13.7. The van der Waals surface area contributed by atoms with E-state index >= 15 is 0 Å². The number of carbonyl (C=O) groups excluding carboxylic acids is 1. The summed E-state index contributed by atoms with van der Waals surface area (Å²) < 4.78 is 24.3. The zero-order valence-electron chi connectivity index (χ0n) is 14.8. The summed E-state index contributed by atoms with van der Waals surface area (Å²) in [7, 11) is 0. The quantitative estimate of drug-likeness (QED) is 0.223. The number of nitrogens with one attached hydrogen (secondary N) is 1. The van der Waals surface area contributed by atoms with Gasteiger partial charge in [-0.15, -0.1) is 0 Å². The fourth-order valence-electron chi connectivity index (χ4n) is 2.17. The molecule has 4 nitrogen and oxygen atoms in total. The summed E-state index contributed by atoms with van der Waals surface area (Å²) in [6.07, 6.45) is 1.93. The number of benzene rings is 2. The molecule has 0 atom stereocenters. The SMILES string of the molecule is O=C(CCCNc1ccc(Cl)cc1F)Oc1c(Cl)cc(OCC=C(Cl)Cl)cc1Cl. The maximum Gasteiger partial charge on any atom is 0.311 e. The molecular weight excluding hydrogens is 486 g/mol. The van der Waals surface area contributed by atoms with Crippen LogP contribution in [0, 0.1) is 5.82 Å². The fraction of sp³-hybridized carbons (Fsp3) is 0.211. The van der Waals surface area contributed by atoms with E-state index in [-0.39, 0.29) is 33.3 Å². The van der Waals surface area contributed by atoms with Gasteiger partial charge in [-0.2, -0.15) is 0 Å². The zero-order chi connectivity index (χ0) is 21.4. The van der Waals surface area contributed by atoms with Crippen molar-refractivity contribution in [3.05, 3.63) is 61.8 Å². The Balaban J connectivity index is 1.84. The second-order valence-corrected chi connectivity index (χ2v) is 7.91. The molecule has 0 saturated heterocycles. The molecule has 0 saturated carbocycles. The molecule has 0 aliphatic carbocycles. The van der Waals surface area contributed by atoms with Crippen LogP contribution in [0.15, 0.2) is 40.9 Å². The lowest BCUT2D eigenvalue weighted by molar-refractivity contribution is -0.134. The molecule has 0 amide bonds. The minimum absolute atomic E-state index is 0.0355. The highest BCUT2D eigenvalue weighted by atomic mass is 35.5. The molecule has 0 heterocycles. The highest BCUT2D eigenvalue weighted by Crippen LogP contribution is 2.37. The van der Waals surface area contributed by atoms with E-state index in [0.717, 1.165) is 0 Å².